The van der Waals surface area contributed by atoms with E-state index in [9.17, 15) is 5.11 Å². The Kier molecular flexibility index (Phi) is 4.58. The van der Waals surface area contributed by atoms with E-state index in [1.807, 2.05) is 0 Å². The van der Waals surface area contributed by atoms with E-state index >= 15 is 0 Å². The van der Waals surface area contributed by atoms with Crippen LogP contribution in [0.4, 0.5) is 0 Å². The van der Waals surface area contributed by atoms with E-state index in [0.29, 0.717) is 22.9 Å². The van der Waals surface area contributed by atoms with Crippen molar-refractivity contribution in [3.8, 4) is 0 Å². The van der Waals surface area contributed by atoms with Gasteiger partial charge in [-0.25, -0.2) is 0 Å². The van der Waals surface area contributed by atoms with Gasteiger partial charge in [-0.1, -0.05) is 27.7 Å². The number of aliphatic hydroxyl groups excluding tert-OH is 1. The summed E-state index contributed by atoms with van der Waals surface area (Å²) in [7, 11) is 0. The van der Waals surface area contributed by atoms with Crippen LogP contribution in [0.2, 0.25) is 0 Å². The third kappa shape index (κ3) is 2.61. The van der Waals surface area contributed by atoms with E-state index in [0.717, 1.165) is 54.9 Å². The van der Waals surface area contributed by atoms with Gasteiger partial charge in [0.15, 0.2) is 0 Å². The predicted molar refractivity (Wildman–Crippen MR) is 120 cm³/mol. The number of hydrogen-bond acceptors (Lipinski definition) is 3. The fourth-order valence-corrected chi connectivity index (χ4v) is 10.4. The summed E-state index contributed by atoms with van der Waals surface area (Å²) in [6, 6.07) is 0. The Morgan fingerprint density at radius 2 is 1.67 bits per heavy atom. The second kappa shape index (κ2) is 6.70. The molecule has 6 rings (SSSR count). The molecule has 2 saturated heterocycles. The zero-order valence-corrected chi connectivity index (χ0v) is 19.8. The molecule has 0 bridgehead atoms. The Labute approximate surface area is 184 Å². The largest absolute Gasteiger partial charge is 0.393 e. The van der Waals surface area contributed by atoms with Crippen LogP contribution in [0.15, 0.2) is 0 Å². The van der Waals surface area contributed by atoms with Crippen molar-refractivity contribution in [2.75, 3.05) is 6.54 Å². The number of rotatable bonds is 0. The van der Waals surface area contributed by atoms with Gasteiger partial charge in [-0.05, 0) is 111 Å². The smallest absolute Gasteiger partial charge is 0.122 e. The van der Waals surface area contributed by atoms with Gasteiger partial charge in [-0.15, -0.1) is 0 Å². The van der Waals surface area contributed by atoms with Crippen LogP contribution in [-0.4, -0.2) is 29.6 Å². The predicted octanol–water partition coefficient (Wildman–Crippen LogP) is 5.37. The number of nitrogens with one attached hydrogen (secondary N) is 1. The van der Waals surface area contributed by atoms with Crippen molar-refractivity contribution in [3.63, 3.8) is 0 Å². The van der Waals surface area contributed by atoms with Gasteiger partial charge < -0.3 is 9.84 Å². The van der Waals surface area contributed by atoms with Crippen molar-refractivity contribution >= 4 is 0 Å². The molecule has 0 amide bonds. The van der Waals surface area contributed by atoms with Gasteiger partial charge in [0.1, 0.15) is 5.72 Å². The molecule has 0 radical (unpaired) electrons. The van der Waals surface area contributed by atoms with Crippen LogP contribution in [0.1, 0.15) is 91.9 Å². The van der Waals surface area contributed by atoms with Gasteiger partial charge in [0.25, 0.3) is 0 Å². The number of fused-ring (bicyclic) bond motifs is 7. The lowest BCUT2D eigenvalue weighted by molar-refractivity contribution is -0.140. The Morgan fingerprint density at radius 3 is 2.43 bits per heavy atom. The maximum Gasteiger partial charge on any atom is 0.122 e. The normalized spacial score (nSPS) is 62.5. The Morgan fingerprint density at radius 1 is 0.867 bits per heavy atom. The Balaban J connectivity index is 1.26. The summed E-state index contributed by atoms with van der Waals surface area (Å²) in [4.78, 5) is 0. The molecular weight excluding hydrogens is 370 g/mol. The zero-order chi connectivity index (χ0) is 20.9. The molecule has 0 aromatic heterocycles. The summed E-state index contributed by atoms with van der Waals surface area (Å²) in [5.74, 6) is 5.57. The van der Waals surface area contributed by atoms with Crippen LogP contribution < -0.4 is 5.32 Å². The van der Waals surface area contributed by atoms with E-state index in [4.69, 9.17) is 4.74 Å². The molecule has 3 heteroatoms. The second-order valence-corrected chi connectivity index (χ2v) is 13.3. The first-order valence-corrected chi connectivity index (χ1v) is 13.4. The van der Waals surface area contributed by atoms with Gasteiger partial charge in [-0.3, -0.25) is 5.32 Å². The molecule has 4 saturated carbocycles. The molecule has 4 aliphatic carbocycles. The van der Waals surface area contributed by atoms with Crippen molar-refractivity contribution < 1.29 is 9.84 Å². The van der Waals surface area contributed by atoms with Crippen LogP contribution in [-0.2, 0) is 4.74 Å². The lowest BCUT2D eigenvalue weighted by atomic mass is 9.44. The summed E-state index contributed by atoms with van der Waals surface area (Å²) >= 11 is 0. The van der Waals surface area contributed by atoms with Gasteiger partial charge >= 0.3 is 0 Å². The number of aliphatic hydroxyl groups is 1. The summed E-state index contributed by atoms with van der Waals surface area (Å²) in [5.41, 5.74) is 0.919. The molecule has 12 atom stereocenters. The lowest BCUT2D eigenvalue weighted by Crippen LogP contribution is -2.57. The van der Waals surface area contributed by atoms with Crippen LogP contribution in [0, 0.1) is 52.3 Å². The number of hydrogen-bond donors (Lipinski definition) is 2. The fraction of sp³-hybridized carbons (Fsp3) is 1.00. The van der Waals surface area contributed by atoms with Crippen LogP contribution in [0.3, 0.4) is 0 Å². The summed E-state index contributed by atoms with van der Waals surface area (Å²) in [6.45, 7) is 11.3. The van der Waals surface area contributed by atoms with Gasteiger partial charge in [0.05, 0.1) is 12.2 Å². The maximum absolute atomic E-state index is 10.3. The zero-order valence-electron chi connectivity index (χ0n) is 19.8. The highest BCUT2D eigenvalue weighted by Gasteiger charge is 2.68. The molecule has 0 aromatic carbocycles. The quantitative estimate of drug-likeness (QED) is 0.559. The van der Waals surface area contributed by atoms with Gasteiger partial charge in [0.2, 0.25) is 0 Å². The topological polar surface area (TPSA) is 41.5 Å². The van der Waals surface area contributed by atoms with E-state index in [1.54, 1.807) is 0 Å². The molecule has 2 heterocycles. The minimum Gasteiger partial charge on any atom is -0.393 e. The van der Waals surface area contributed by atoms with E-state index in [2.05, 4.69) is 33.0 Å². The van der Waals surface area contributed by atoms with Gasteiger partial charge in [0, 0.05) is 12.5 Å². The molecule has 170 valence electrons. The first-order valence-electron chi connectivity index (χ1n) is 13.4. The lowest BCUT2D eigenvalue weighted by Gasteiger charge is -2.61. The maximum atomic E-state index is 10.3. The van der Waals surface area contributed by atoms with Crippen molar-refractivity contribution in [2.24, 2.45) is 52.3 Å². The van der Waals surface area contributed by atoms with Crippen molar-refractivity contribution in [1.29, 1.82) is 0 Å². The molecule has 1 spiro atoms. The van der Waals surface area contributed by atoms with Crippen LogP contribution in [0.5, 0.6) is 0 Å². The number of ether oxygens (including phenoxy) is 1. The molecule has 0 unspecified atom stereocenters. The number of piperidine rings is 1. The summed E-state index contributed by atoms with van der Waals surface area (Å²) in [6.07, 6.45) is 13.2. The monoisotopic (exact) mass is 415 g/mol. The molecule has 3 nitrogen and oxygen atoms in total. The third-order valence-electron chi connectivity index (χ3n) is 12.1. The van der Waals surface area contributed by atoms with Crippen molar-refractivity contribution in [2.45, 2.75) is 110 Å². The van der Waals surface area contributed by atoms with Crippen LogP contribution in [0.25, 0.3) is 0 Å². The molecule has 6 aliphatic rings. The highest BCUT2D eigenvalue weighted by Crippen LogP contribution is 2.71. The minimum absolute atomic E-state index is 0.0319. The second-order valence-electron chi connectivity index (χ2n) is 13.3. The molecule has 2 aliphatic heterocycles. The first kappa shape index (κ1) is 20.5. The van der Waals surface area contributed by atoms with E-state index < -0.39 is 0 Å². The summed E-state index contributed by atoms with van der Waals surface area (Å²) in [5, 5.41) is 14.2. The highest BCUT2D eigenvalue weighted by molar-refractivity contribution is 5.16. The molecule has 6 fully saturated rings. The first-order chi connectivity index (χ1) is 14.3. The van der Waals surface area contributed by atoms with E-state index in [1.165, 1.54) is 51.4 Å². The standard InChI is InChI=1S/C27H45NO2/c1-16-7-12-27(28-15-16)17(2)24-23(30-27)14-22-20-6-5-18-13-19(29)8-10-25(18,3)21(20)9-11-26(22,24)4/h16-24,28-29H,5-15H2,1-4H3/t16-,17+,18-,19+,20-,21+,22+,23+,24+,25+,26+,27+/m1/s1. The van der Waals surface area contributed by atoms with Crippen molar-refractivity contribution in [3.05, 3.63) is 0 Å². The van der Waals surface area contributed by atoms with Crippen LogP contribution >= 0.6 is 0 Å². The highest BCUT2D eigenvalue weighted by atomic mass is 16.5. The van der Waals surface area contributed by atoms with E-state index in [-0.39, 0.29) is 11.8 Å². The average molecular weight is 416 g/mol. The molecule has 30 heavy (non-hydrogen) atoms. The fourth-order valence-electron chi connectivity index (χ4n) is 10.4. The molecule has 0 aromatic rings. The van der Waals surface area contributed by atoms with Gasteiger partial charge in [-0.2, -0.15) is 0 Å². The molecular formula is C27H45NO2. The Bertz CT molecular complexity index is 686. The minimum atomic E-state index is -0.0320. The third-order valence-corrected chi connectivity index (χ3v) is 12.1. The molecule has 2 N–H and O–H groups in total. The average Bonchev–Trinajstić information content (AvgIpc) is 3.16. The van der Waals surface area contributed by atoms with Crippen molar-refractivity contribution in [1.82, 2.24) is 5.32 Å². The summed E-state index contributed by atoms with van der Waals surface area (Å²) < 4.78 is 7.01. The SMILES string of the molecule is C[C@@H]1CC[C@]2(NC1)O[C@H]1C[C@H]3[C@@H]4CC[C@@H]5C[C@@H](O)CC[C@]5(C)[C@H]4CC[C@]3(C)[C@H]1[C@@H]2C. The Hall–Kier alpha value is -0.120.